The van der Waals surface area contributed by atoms with E-state index >= 15 is 0 Å². The number of nitrogens with one attached hydrogen (secondary N) is 2. The second-order valence-corrected chi connectivity index (χ2v) is 8.66. The molecule has 7 heteroatoms. The van der Waals surface area contributed by atoms with E-state index in [-0.39, 0.29) is 17.7 Å². The van der Waals surface area contributed by atoms with Crippen LogP contribution >= 0.6 is 11.3 Å². The normalized spacial score (nSPS) is 12.2. The molecule has 0 radical (unpaired) electrons. The summed E-state index contributed by atoms with van der Waals surface area (Å²) < 4.78 is 0. The molecule has 34 heavy (non-hydrogen) atoms. The van der Waals surface area contributed by atoms with E-state index in [2.05, 4.69) is 10.6 Å². The van der Waals surface area contributed by atoms with E-state index in [4.69, 9.17) is 0 Å². The number of amides is 3. The molecular formula is C27H21N3O3S. The van der Waals surface area contributed by atoms with Crippen LogP contribution in [-0.4, -0.2) is 24.3 Å². The first-order chi connectivity index (χ1) is 16.6. The molecule has 0 fully saturated rings. The van der Waals surface area contributed by atoms with Crippen LogP contribution in [0, 0.1) is 0 Å². The molecule has 0 bridgehead atoms. The Morgan fingerprint density at radius 2 is 1.53 bits per heavy atom. The SMILES string of the molecule is O=C(Nc1ccccc1C(=O)Nc1ccc(C(=O)N2CCc3ccccc32)cc1)c1ccsc1. The Hall–Kier alpha value is -4.23. The van der Waals surface area contributed by atoms with Crippen molar-refractivity contribution in [1.82, 2.24) is 0 Å². The second-order valence-electron chi connectivity index (χ2n) is 7.88. The summed E-state index contributed by atoms with van der Waals surface area (Å²) in [5.74, 6) is -0.689. The molecule has 6 nitrogen and oxygen atoms in total. The van der Waals surface area contributed by atoms with E-state index in [9.17, 15) is 14.4 Å². The highest BCUT2D eigenvalue weighted by molar-refractivity contribution is 7.08. The first kappa shape index (κ1) is 21.6. The topological polar surface area (TPSA) is 78.5 Å². The van der Waals surface area contributed by atoms with Gasteiger partial charge >= 0.3 is 0 Å². The number of carbonyl (C=O) groups is 3. The van der Waals surface area contributed by atoms with Crippen molar-refractivity contribution >= 4 is 46.1 Å². The van der Waals surface area contributed by atoms with Crippen LogP contribution in [0.1, 0.15) is 36.6 Å². The van der Waals surface area contributed by atoms with Gasteiger partial charge in [-0.1, -0.05) is 30.3 Å². The molecule has 0 aliphatic carbocycles. The smallest absolute Gasteiger partial charge is 0.258 e. The predicted molar refractivity (Wildman–Crippen MR) is 135 cm³/mol. The van der Waals surface area contributed by atoms with Crippen molar-refractivity contribution in [3.05, 3.63) is 112 Å². The molecule has 0 saturated carbocycles. The number of carbonyl (C=O) groups excluding carboxylic acids is 3. The van der Waals surface area contributed by atoms with Crippen LogP contribution < -0.4 is 15.5 Å². The number of thiophene rings is 1. The van der Waals surface area contributed by atoms with Crippen molar-refractivity contribution in [3.63, 3.8) is 0 Å². The van der Waals surface area contributed by atoms with Gasteiger partial charge in [0.1, 0.15) is 0 Å². The first-order valence-corrected chi connectivity index (χ1v) is 11.8. The number of fused-ring (bicyclic) bond motifs is 1. The maximum atomic E-state index is 13.0. The standard InChI is InChI=1S/C27H21N3O3S/c31-25(20-14-16-34-17-20)29-23-7-3-2-6-22(23)26(32)28-21-11-9-19(10-12-21)27(33)30-15-13-18-5-1-4-8-24(18)30/h1-12,14,16-17H,13,15H2,(H,28,32)(H,29,31). The molecule has 3 aromatic carbocycles. The molecule has 1 aliphatic heterocycles. The summed E-state index contributed by atoms with van der Waals surface area (Å²) in [6, 6.07) is 23.3. The molecule has 3 amide bonds. The zero-order chi connectivity index (χ0) is 23.5. The first-order valence-electron chi connectivity index (χ1n) is 10.8. The van der Waals surface area contributed by atoms with Gasteiger partial charge in [0.05, 0.1) is 16.8 Å². The van der Waals surface area contributed by atoms with Crippen molar-refractivity contribution in [1.29, 1.82) is 0 Å². The van der Waals surface area contributed by atoms with E-state index in [0.717, 1.165) is 12.1 Å². The van der Waals surface area contributed by atoms with Gasteiger partial charge in [-0.3, -0.25) is 14.4 Å². The fourth-order valence-electron chi connectivity index (χ4n) is 3.98. The van der Waals surface area contributed by atoms with Gasteiger partial charge in [-0.15, -0.1) is 0 Å². The Bertz CT molecular complexity index is 1360. The largest absolute Gasteiger partial charge is 0.322 e. The molecule has 0 unspecified atom stereocenters. The van der Waals surface area contributed by atoms with E-state index in [1.54, 1.807) is 64.9 Å². The summed E-state index contributed by atoms with van der Waals surface area (Å²) in [6.45, 7) is 0.657. The van der Waals surface area contributed by atoms with Crippen LogP contribution in [0.15, 0.2) is 89.6 Å². The van der Waals surface area contributed by atoms with Crippen LogP contribution in [0.2, 0.25) is 0 Å². The van der Waals surface area contributed by atoms with Crippen molar-refractivity contribution in [2.45, 2.75) is 6.42 Å². The Kier molecular flexibility index (Phi) is 5.93. The molecule has 1 aliphatic rings. The maximum absolute atomic E-state index is 13.0. The summed E-state index contributed by atoms with van der Waals surface area (Å²) >= 11 is 1.43. The quantitative estimate of drug-likeness (QED) is 0.409. The van der Waals surface area contributed by atoms with Gasteiger partial charge in [0, 0.05) is 28.9 Å². The van der Waals surface area contributed by atoms with Gasteiger partial charge in [-0.25, -0.2) is 0 Å². The molecule has 2 N–H and O–H groups in total. The fraction of sp³-hybridized carbons (Fsp3) is 0.0741. The average Bonchev–Trinajstić information content (AvgIpc) is 3.55. The minimum absolute atomic E-state index is 0.0654. The fourth-order valence-corrected chi connectivity index (χ4v) is 4.61. The lowest BCUT2D eigenvalue weighted by atomic mass is 10.1. The molecule has 168 valence electrons. The number of hydrogen-bond acceptors (Lipinski definition) is 4. The monoisotopic (exact) mass is 467 g/mol. The zero-order valence-corrected chi connectivity index (χ0v) is 19.0. The third kappa shape index (κ3) is 4.33. The van der Waals surface area contributed by atoms with Gasteiger partial charge in [-0.2, -0.15) is 11.3 Å². The molecule has 0 atom stereocenters. The van der Waals surface area contributed by atoms with Gasteiger partial charge in [0.2, 0.25) is 0 Å². The zero-order valence-electron chi connectivity index (χ0n) is 18.2. The van der Waals surface area contributed by atoms with Crippen LogP contribution in [0.25, 0.3) is 0 Å². The number of hydrogen-bond donors (Lipinski definition) is 2. The maximum Gasteiger partial charge on any atom is 0.258 e. The van der Waals surface area contributed by atoms with Crippen LogP contribution in [0.3, 0.4) is 0 Å². The minimum atomic E-state index is -0.353. The van der Waals surface area contributed by atoms with Crippen molar-refractivity contribution in [3.8, 4) is 0 Å². The van der Waals surface area contributed by atoms with Crippen LogP contribution in [-0.2, 0) is 6.42 Å². The lowest BCUT2D eigenvalue weighted by Crippen LogP contribution is -2.28. The molecule has 2 heterocycles. The van der Waals surface area contributed by atoms with Gasteiger partial charge in [0.15, 0.2) is 0 Å². The summed E-state index contributed by atoms with van der Waals surface area (Å²) in [4.78, 5) is 40.2. The summed E-state index contributed by atoms with van der Waals surface area (Å²) in [7, 11) is 0. The van der Waals surface area contributed by atoms with E-state index in [1.807, 2.05) is 29.6 Å². The van der Waals surface area contributed by atoms with Crippen molar-refractivity contribution in [2.75, 3.05) is 22.1 Å². The number of benzene rings is 3. The van der Waals surface area contributed by atoms with Crippen LogP contribution in [0.4, 0.5) is 17.1 Å². The van der Waals surface area contributed by atoms with Gasteiger partial charge in [-0.05, 0) is 65.9 Å². The summed E-state index contributed by atoms with van der Waals surface area (Å²) in [6.07, 6.45) is 0.846. The third-order valence-electron chi connectivity index (χ3n) is 5.73. The van der Waals surface area contributed by atoms with Gasteiger partial charge < -0.3 is 15.5 Å². The average molecular weight is 468 g/mol. The Balaban J connectivity index is 1.28. The summed E-state index contributed by atoms with van der Waals surface area (Å²) in [5.41, 5.74) is 4.55. The lowest BCUT2D eigenvalue weighted by Gasteiger charge is -2.17. The van der Waals surface area contributed by atoms with E-state index in [0.29, 0.717) is 34.6 Å². The predicted octanol–water partition coefficient (Wildman–Crippen LogP) is 5.46. The second kappa shape index (κ2) is 9.33. The van der Waals surface area contributed by atoms with E-state index in [1.165, 1.54) is 16.9 Å². The van der Waals surface area contributed by atoms with Crippen LogP contribution in [0.5, 0.6) is 0 Å². The molecule has 5 rings (SSSR count). The molecule has 0 spiro atoms. The number of para-hydroxylation sites is 2. The number of nitrogens with zero attached hydrogens (tertiary/aromatic N) is 1. The lowest BCUT2D eigenvalue weighted by molar-refractivity contribution is 0.0986. The Morgan fingerprint density at radius 1 is 0.765 bits per heavy atom. The number of rotatable bonds is 5. The highest BCUT2D eigenvalue weighted by Gasteiger charge is 2.25. The highest BCUT2D eigenvalue weighted by Crippen LogP contribution is 2.29. The molecule has 0 saturated heterocycles. The molecule has 1 aromatic heterocycles. The molecular weight excluding hydrogens is 446 g/mol. The van der Waals surface area contributed by atoms with Crippen molar-refractivity contribution < 1.29 is 14.4 Å². The Labute approximate surface area is 200 Å². The third-order valence-corrected chi connectivity index (χ3v) is 6.41. The van der Waals surface area contributed by atoms with E-state index < -0.39 is 0 Å². The molecule has 4 aromatic rings. The highest BCUT2D eigenvalue weighted by atomic mass is 32.1. The Morgan fingerprint density at radius 3 is 2.32 bits per heavy atom. The number of anilines is 3. The minimum Gasteiger partial charge on any atom is -0.322 e. The van der Waals surface area contributed by atoms with Gasteiger partial charge in [0.25, 0.3) is 17.7 Å². The van der Waals surface area contributed by atoms with Crippen molar-refractivity contribution in [2.24, 2.45) is 0 Å². The summed E-state index contributed by atoms with van der Waals surface area (Å²) in [5, 5.41) is 9.22.